The van der Waals surface area contributed by atoms with E-state index in [2.05, 4.69) is 21.5 Å². The fourth-order valence-electron chi connectivity index (χ4n) is 4.36. The van der Waals surface area contributed by atoms with E-state index in [0.717, 1.165) is 42.2 Å². The van der Waals surface area contributed by atoms with Crippen molar-refractivity contribution in [3.05, 3.63) is 42.2 Å². The number of hydrogen-bond donors (Lipinski definition) is 2. The third-order valence-corrected chi connectivity index (χ3v) is 5.74. The van der Waals surface area contributed by atoms with Crippen molar-refractivity contribution >= 4 is 22.9 Å². The Labute approximate surface area is 169 Å². The summed E-state index contributed by atoms with van der Waals surface area (Å²) in [6.07, 6.45) is 4.45. The number of fused-ring (bicyclic) bond motifs is 2. The number of amides is 1. The van der Waals surface area contributed by atoms with Crippen LogP contribution in [0.25, 0.3) is 16.9 Å². The maximum absolute atomic E-state index is 11.7. The van der Waals surface area contributed by atoms with E-state index in [-0.39, 0.29) is 12.5 Å². The lowest BCUT2D eigenvalue weighted by Crippen LogP contribution is -2.34. The first kappa shape index (κ1) is 18.0. The highest BCUT2D eigenvalue weighted by atomic mass is 16.5. The number of imidazole rings is 1. The van der Waals surface area contributed by atoms with E-state index in [1.807, 2.05) is 36.5 Å². The average Bonchev–Trinajstić information content (AvgIpc) is 3.05. The lowest BCUT2D eigenvalue weighted by atomic mass is 10.00. The molecule has 1 atom stereocenters. The molecule has 7 nitrogen and oxygen atoms in total. The quantitative estimate of drug-likeness (QED) is 0.716. The van der Waals surface area contributed by atoms with Gasteiger partial charge in [0.05, 0.1) is 17.1 Å². The predicted molar refractivity (Wildman–Crippen MR) is 113 cm³/mol. The zero-order valence-corrected chi connectivity index (χ0v) is 16.5. The summed E-state index contributed by atoms with van der Waals surface area (Å²) in [5, 5.41) is 2.89. The number of piperidine rings is 1. The van der Waals surface area contributed by atoms with E-state index in [1.165, 1.54) is 12.8 Å². The third-order valence-electron chi connectivity index (χ3n) is 5.74. The van der Waals surface area contributed by atoms with Gasteiger partial charge in [0, 0.05) is 30.5 Å². The molecule has 5 rings (SSSR count). The Morgan fingerprint density at radius 2 is 2.21 bits per heavy atom. The summed E-state index contributed by atoms with van der Waals surface area (Å²) in [6.45, 7) is 5.35. The van der Waals surface area contributed by atoms with Crippen LogP contribution in [-0.4, -0.2) is 39.9 Å². The number of nitrogens with two attached hydrogens (primary N) is 1. The molecule has 0 saturated carbocycles. The number of rotatable bonds is 3. The van der Waals surface area contributed by atoms with Crippen LogP contribution in [0, 0.1) is 5.92 Å². The van der Waals surface area contributed by atoms with Crippen molar-refractivity contribution < 1.29 is 9.53 Å². The number of pyridine rings is 1. The zero-order chi connectivity index (χ0) is 20.0. The molecule has 0 aliphatic carbocycles. The van der Waals surface area contributed by atoms with Crippen molar-refractivity contribution in [1.82, 2.24) is 14.3 Å². The molecule has 1 amide bonds. The molecule has 1 saturated heterocycles. The Bertz CT molecular complexity index is 1090. The van der Waals surface area contributed by atoms with Crippen LogP contribution in [0.5, 0.6) is 5.75 Å². The van der Waals surface area contributed by atoms with E-state index in [1.54, 1.807) is 0 Å². The molecule has 2 aliphatic rings. The van der Waals surface area contributed by atoms with Crippen molar-refractivity contribution in [2.75, 3.05) is 30.7 Å². The van der Waals surface area contributed by atoms with Gasteiger partial charge in [-0.25, -0.2) is 4.98 Å². The molecule has 0 bridgehead atoms. The minimum atomic E-state index is -0.139. The topological polar surface area (TPSA) is 84.9 Å². The molecule has 0 radical (unpaired) electrons. The Balaban J connectivity index is 1.59. The fraction of sp³-hybridized carbons (Fsp3) is 0.364. The molecule has 3 N–H and O–H groups in total. The maximum Gasteiger partial charge on any atom is 0.262 e. The molecule has 1 unspecified atom stereocenters. The van der Waals surface area contributed by atoms with Crippen LogP contribution in [0.3, 0.4) is 0 Å². The number of anilines is 2. The number of nitrogens with one attached hydrogen (secondary N) is 1. The van der Waals surface area contributed by atoms with Gasteiger partial charge in [0.15, 0.2) is 6.61 Å². The summed E-state index contributed by atoms with van der Waals surface area (Å²) in [7, 11) is 0. The summed E-state index contributed by atoms with van der Waals surface area (Å²) in [4.78, 5) is 19.1. The summed E-state index contributed by atoms with van der Waals surface area (Å²) < 4.78 is 7.60. The van der Waals surface area contributed by atoms with Gasteiger partial charge < -0.3 is 20.2 Å². The highest BCUT2D eigenvalue weighted by Crippen LogP contribution is 2.35. The Kier molecular flexibility index (Phi) is 4.39. The summed E-state index contributed by atoms with van der Waals surface area (Å²) in [5.74, 6) is 1.25. The zero-order valence-electron chi connectivity index (χ0n) is 16.5. The molecule has 1 fully saturated rings. The van der Waals surface area contributed by atoms with E-state index >= 15 is 0 Å². The first-order chi connectivity index (χ1) is 14.1. The van der Waals surface area contributed by atoms with Crippen LogP contribution in [0.4, 0.5) is 11.4 Å². The van der Waals surface area contributed by atoms with Crippen molar-refractivity contribution in [3.8, 4) is 17.0 Å². The second-order valence-corrected chi connectivity index (χ2v) is 8.13. The first-order valence-electron chi connectivity index (χ1n) is 10.1. The van der Waals surface area contributed by atoms with Crippen molar-refractivity contribution in [3.63, 3.8) is 0 Å². The monoisotopic (exact) mass is 391 g/mol. The van der Waals surface area contributed by atoms with Crippen molar-refractivity contribution in [2.45, 2.75) is 26.3 Å². The van der Waals surface area contributed by atoms with E-state index in [0.29, 0.717) is 23.0 Å². The molecule has 7 heteroatoms. The van der Waals surface area contributed by atoms with Gasteiger partial charge in [-0.2, -0.15) is 0 Å². The minimum absolute atomic E-state index is 0.0540. The predicted octanol–water partition coefficient (Wildman–Crippen LogP) is 3.15. The van der Waals surface area contributed by atoms with Gasteiger partial charge in [-0.3, -0.25) is 9.69 Å². The molecule has 2 aromatic heterocycles. The SMILES string of the molecule is CC1CCCN(Cc2c(-c3ccc4c(c3)NC(=O)CO4)nc3ccc(N)cn23)C1. The highest BCUT2D eigenvalue weighted by Gasteiger charge is 2.23. The van der Waals surface area contributed by atoms with Crippen LogP contribution in [0.2, 0.25) is 0 Å². The van der Waals surface area contributed by atoms with Crippen LogP contribution >= 0.6 is 0 Å². The molecule has 1 aromatic carbocycles. The van der Waals surface area contributed by atoms with Gasteiger partial charge in [0.1, 0.15) is 11.4 Å². The largest absolute Gasteiger partial charge is 0.482 e. The lowest BCUT2D eigenvalue weighted by molar-refractivity contribution is -0.118. The number of nitrogens with zero attached hydrogens (tertiary/aromatic N) is 3. The molecule has 29 heavy (non-hydrogen) atoms. The molecular formula is C22H25N5O2. The van der Waals surface area contributed by atoms with Crippen LogP contribution < -0.4 is 15.8 Å². The summed E-state index contributed by atoms with van der Waals surface area (Å²) >= 11 is 0. The van der Waals surface area contributed by atoms with Crippen LogP contribution in [0.15, 0.2) is 36.5 Å². The number of benzene rings is 1. The van der Waals surface area contributed by atoms with Gasteiger partial charge in [0.25, 0.3) is 5.91 Å². The van der Waals surface area contributed by atoms with Gasteiger partial charge in [-0.15, -0.1) is 0 Å². The van der Waals surface area contributed by atoms with Gasteiger partial charge in [-0.1, -0.05) is 6.92 Å². The number of carbonyl (C=O) groups is 1. The van der Waals surface area contributed by atoms with E-state index < -0.39 is 0 Å². The Morgan fingerprint density at radius 3 is 3.07 bits per heavy atom. The van der Waals surface area contributed by atoms with Crippen molar-refractivity contribution in [1.29, 1.82) is 0 Å². The first-order valence-corrected chi connectivity index (χ1v) is 10.1. The molecular weight excluding hydrogens is 366 g/mol. The Hall–Kier alpha value is -3.06. The van der Waals surface area contributed by atoms with Gasteiger partial charge in [-0.05, 0) is 55.6 Å². The summed E-state index contributed by atoms with van der Waals surface area (Å²) in [5.41, 5.74) is 11.3. The smallest absolute Gasteiger partial charge is 0.262 e. The molecule has 2 aliphatic heterocycles. The molecule has 150 valence electrons. The maximum atomic E-state index is 11.7. The number of hydrogen-bond acceptors (Lipinski definition) is 5. The molecule has 4 heterocycles. The van der Waals surface area contributed by atoms with E-state index in [9.17, 15) is 4.79 Å². The number of nitrogen functional groups attached to an aromatic ring is 1. The summed E-state index contributed by atoms with van der Waals surface area (Å²) in [6, 6.07) is 9.67. The van der Waals surface area contributed by atoms with Crippen molar-refractivity contribution in [2.24, 2.45) is 5.92 Å². The highest BCUT2D eigenvalue weighted by molar-refractivity contribution is 5.96. The van der Waals surface area contributed by atoms with Gasteiger partial charge in [0.2, 0.25) is 0 Å². The van der Waals surface area contributed by atoms with E-state index in [4.69, 9.17) is 15.5 Å². The van der Waals surface area contributed by atoms with Gasteiger partial charge >= 0.3 is 0 Å². The number of ether oxygens (including phenoxy) is 1. The normalized spacial score (nSPS) is 19.6. The van der Waals surface area contributed by atoms with Crippen LogP contribution in [-0.2, 0) is 11.3 Å². The second kappa shape index (κ2) is 7.08. The number of carbonyl (C=O) groups excluding carboxylic acids is 1. The standard InChI is InChI=1S/C22H25N5O2/c1-14-3-2-8-26(10-14)12-18-22(25-20-7-5-16(23)11-27(18)20)15-4-6-19-17(9-15)24-21(28)13-29-19/h4-7,9,11,14H,2-3,8,10,12-13,23H2,1H3,(H,24,28). The Morgan fingerprint density at radius 1 is 1.31 bits per heavy atom. The average molecular weight is 391 g/mol. The minimum Gasteiger partial charge on any atom is -0.482 e. The number of likely N-dealkylation sites (tertiary alicyclic amines) is 1. The van der Waals surface area contributed by atoms with Crippen LogP contribution in [0.1, 0.15) is 25.5 Å². The fourth-order valence-corrected chi connectivity index (χ4v) is 4.36. The third kappa shape index (κ3) is 3.42. The molecule has 0 spiro atoms. The lowest BCUT2D eigenvalue weighted by Gasteiger charge is -2.30. The second-order valence-electron chi connectivity index (χ2n) is 8.13. The number of aromatic nitrogens is 2. The molecule has 3 aromatic rings.